The molecule has 2 atom stereocenters. The van der Waals surface area contributed by atoms with Crippen molar-refractivity contribution in [3.63, 3.8) is 0 Å². The molecule has 2 aromatic heterocycles. The number of nitrogens with zero attached hydrogens (tertiary/aromatic N) is 4. The van der Waals surface area contributed by atoms with E-state index in [1.165, 1.54) is 0 Å². The monoisotopic (exact) mass is 527 g/mol. The lowest BCUT2D eigenvalue weighted by Crippen LogP contribution is -2.47. The molecular weight excluding hydrogens is 494 g/mol. The van der Waals surface area contributed by atoms with Crippen LogP contribution in [0.25, 0.3) is 10.9 Å². The van der Waals surface area contributed by atoms with Crippen molar-refractivity contribution in [3.05, 3.63) is 45.8 Å². The fourth-order valence-electron chi connectivity index (χ4n) is 4.44. The van der Waals surface area contributed by atoms with Gasteiger partial charge in [0, 0.05) is 36.6 Å². The second-order valence-corrected chi connectivity index (χ2v) is 10.0. The molecule has 37 heavy (non-hydrogen) atoms. The van der Waals surface area contributed by atoms with E-state index < -0.39 is 0 Å². The lowest BCUT2D eigenvalue weighted by atomic mass is 10.1. The Kier molecular flexibility index (Phi) is 8.34. The van der Waals surface area contributed by atoms with Gasteiger partial charge in [-0.25, -0.2) is 4.98 Å². The van der Waals surface area contributed by atoms with Gasteiger partial charge >= 0.3 is 0 Å². The molecule has 0 radical (unpaired) electrons. The number of fused-ring (bicyclic) bond motifs is 1. The van der Waals surface area contributed by atoms with Gasteiger partial charge in [0.15, 0.2) is 17.4 Å². The molecule has 0 saturated carbocycles. The van der Waals surface area contributed by atoms with Crippen LogP contribution in [-0.4, -0.2) is 52.2 Å². The topological polar surface area (TPSA) is 98.6 Å². The molecule has 1 fully saturated rings. The molecule has 1 aromatic carbocycles. The fraction of sp³-hybridized carbons (Fsp3) is 0.481. The second-order valence-electron chi connectivity index (χ2n) is 9.61. The number of halogens is 1. The Morgan fingerprint density at radius 3 is 2.76 bits per heavy atom. The van der Waals surface area contributed by atoms with E-state index in [-0.39, 0.29) is 41.9 Å². The predicted octanol–water partition coefficient (Wildman–Crippen LogP) is 5.13. The van der Waals surface area contributed by atoms with Crippen molar-refractivity contribution in [2.75, 3.05) is 29.9 Å². The molecule has 9 nitrogen and oxygen atoms in total. The average molecular weight is 528 g/mol. The van der Waals surface area contributed by atoms with Gasteiger partial charge in [-0.3, -0.25) is 9.59 Å². The molecule has 1 aliphatic heterocycles. The maximum absolute atomic E-state index is 13.1. The van der Waals surface area contributed by atoms with E-state index in [1.54, 1.807) is 23.8 Å². The summed E-state index contributed by atoms with van der Waals surface area (Å²) in [6.45, 7) is 11.1. The molecule has 0 unspecified atom stereocenters. The second kappa shape index (κ2) is 11.5. The van der Waals surface area contributed by atoms with Gasteiger partial charge in [0.1, 0.15) is 11.6 Å². The first kappa shape index (κ1) is 26.9. The lowest BCUT2D eigenvalue weighted by molar-refractivity contribution is -0.120. The third-order valence-corrected chi connectivity index (χ3v) is 6.64. The number of Topliss-reactive ketones (excluding diaryl/α,β-unsaturated/α-hetero) is 1. The Hall–Kier alpha value is -3.17. The number of ketones is 1. The predicted molar refractivity (Wildman–Crippen MR) is 147 cm³/mol. The fourth-order valence-corrected chi connectivity index (χ4v) is 4.58. The minimum absolute atomic E-state index is 0.0693. The maximum atomic E-state index is 13.1. The summed E-state index contributed by atoms with van der Waals surface area (Å²) in [7, 11) is 0. The van der Waals surface area contributed by atoms with Gasteiger partial charge in [-0.05, 0) is 51.5 Å². The number of rotatable bonds is 9. The summed E-state index contributed by atoms with van der Waals surface area (Å²) < 4.78 is 13.3. The van der Waals surface area contributed by atoms with Crippen LogP contribution in [0.1, 0.15) is 53.5 Å². The molecule has 0 aliphatic carbocycles. The molecule has 3 heterocycles. The largest absolute Gasteiger partial charge is 0.480 e. The van der Waals surface area contributed by atoms with E-state index in [9.17, 15) is 9.59 Å². The molecule has 4 rings (SSSR count). The molecule has 0 spiro atoms. The summed E-state index contributed by atoms with van der Waals surface area (Å²) >= 11 is 6.46. The van der Waals surface area contributed by atoms with Crippen molar-refractivity contribution in [1.29, 1.82) is 0 Å². The highest BCUT2D eigenvalue weighted by atomic mass is 35.5. The molecule has 1 aliphatic rings. The van der Waals surface area contributed by atoms with Gasteiger partial charge in [0.2, 0.25) is 5.95 Å². The third-order valence-electron chi connectivity index (χ3n) is 6.36. The van der Waals surface area contributed by atoms with Gasteiger partial charge in [0.25, 0.3) is 5.56 Å². The number of benzene rings is 1. The zero-order valence-corrected chi connectivity index (χ0v) is 22.7. The molecule has 1 saturated heterocycles. The van der Waals surface area contributed by atoms with Crippen LogP contribution in [0.3, 0.4) is 0 Å². The van der Waals surface area contributed by atoms with Gasteiger partial charge in [-0.2, -0.15) is 4.98 Å². The van der Waals surface area contributed by atoms with E-state index in [0.29, 0.717) is 36.3 Å². The summed E-state index contributed by atoms with van der Waals surface area (Å²) in [6.07, 6.45) is 3.07. The number of carbonyl (C=O) groups excluding carboxylic acids is 1. The maximum Gasteiger partial charge on any atom is 0.293 e. The van der Waals surface area contributed by atoms with Crippen LogP contribution in [-0.2, 0) is 9.53 Å². The van der Waals surface area contributed by atoms with Crippen LogP contribution in [0.2, 0.25) is 5.02 Å². The molecule has 3 aromatic rings. The molecule has 0 bridgehead atoms. The Balaban J connectivity index is 1.66. The standard InChI is InChI=1S/C27H34ClN5O4/c1-6-20(34)15-36-24-11-18-10-19(8-9-23(18)33(16(3)4)26(24)35)30-25-22(28)12-29-27(31-25)32-13-17(5)37-21(7-2)14-32/h8-12,16-17,21H,6-7,13-15H2,1-5H3,(H,29,30,31)/t17-,21+/m0/s1. The van der Waals surface area contributed by atoms with Crippen molar-refractivity contribution in [3.8, 4) is 5.75 Å². The van der Waals surface area contributed by atoms with E-state index in [4.69, 9.17) is 26.1 Å². The summed E-state index contributed by atoms with van der Waals surface area (Å²) in [5.41, 5.74) is 1.24. The highest BCUT2D eigenvalue weighted by Gasteiger charge is 2.26. The van der Waals surface area contributed by atoms with E-state index in [1.807, 2.05) is 39.0 Å². The minimum Gasteiger partial charge on any atom is -0.480 e. The lowest BCUT2D eigenvalue weighted by Gasteiger charge is -2.36. The van der Waals surface area contributed by atoms with Crippen LogP contribution in [0.4, 0.5) is 17.5 Å². The molecule has 1 N–H and O–H groups in total. The van der Waals surface area contributed by atoms with Crippen molar-refractivity contribution in [2.24, 2.45) is 0 Å². The first-order valence-corrected chi connectivity index (χ1v) is 13.1. The number of anilines is 3. The molecular formula is C27H34ClN5O4. The number of hydrogen-bond acceptors (Lipinski definition) is 8. The van der Waals surface area contributed by atoms with E-state index in [0.717, 1.165) is 23.0 Å². The van der Waals surface area contributed by atoms with Crippen molar-refractivity contribution in [1.82, 2.24) is 14.5 Å². The Morgan fingerprint density at radius 2 is 2.05 bits per heavy atom. The molecule has 10 heteroatoms. The Morgan fingerprint density at radius 1 is 1.27 bits per heavy atom. The smallest absolute Gasteiger partial charge is 0.293 e. The number of carbonyl (C=O) groups is 1. The highest BCUT2D eigenvalue weighted by molar-refractivity contribution is 6.32. The van der Waals surface area contributed by atoms with Gasteiger partial charge in [-0.15, -0.1) is 0 Å². The van der Waals surface area contributed by atoms with Crippen LogP contribution in [0.15, 0.2) is 35.3 Å². The quantitative estimate of drug-likeness (QED) is 0.409. The van der Waals surface area contributed by atoms with Crippen LogP contribution in [0, 0.1) is 0 Å². The molecule has 198 valence electrons. The number of aromatic nitrogens is 3. The zero-order valence-electron chi connectivity index (χ0n) is 22.0. The number of nitrogens with one attached hydrogen (secondary N) is 1. The zero-order chi connectivity index (χ0) is 26.7. The first-order chi connectivity index (χ1) is 17.7. The summed E-state index contributed by atoms with van der Waals surface area (Å²) in [5.74, 6) is 1.15. The van der Waals surface area contributed by atoms with Gasteiger partial charge < -0.3 is 24.3 Å². The van der Waals surface area contributed by atoms with Gasteiger partial charge in [0.05, 0.1) is 23.9 Å². The van der Waals surface area contributed by atoms with Crippen molar-refractivity contribution >= 4 is 45.7 Å². The Labute approximate surface area is 221 Å². The summed E-state index contributed by atoms with van der Waals surface area (Å²) in [6, 6.07) is 7.25. The van der Waals surface area contributed by atoms with E-state index in [2.05, 4.69) is 22.1 Å². The van der Waals surface area contributed by atoms with Crippen molar-refractivity contribution < 1.29 is 14.3 Å². The van der Waals surface area contributed by atoms with E-state index >= 15 is 0 Å². The van der Waals surface area contributed by atoms with Crippen LogP contribution < -0.4 is 20.5 Å². The number of morpholine rings is 1. The highest BCUT2D eigenvalue weighted by Crippen LogP contribution is 2.29. The van der Waals surface area contributed by atoms with Crippen LogP contribution in [0.5, 0.6) is 5.75 Å². The summed E-state index contributed by atoms with van der Waals surface area (Å²) in [5, 5.41) is 4.48. The normalized spacial score (nSPS) is 17.9. The minimum atomic E-state index is -0.263. The number of ether oxygens (including phenoxy) is 2. The SMILES string of the molecule is CCC(=O)COc1cc2cc(Nc3nc(N4C[C@@H](CC)O[C@@H](C)C4)ncc3Cl)ccc2n(C(C)C)c1=O. The van der Waals surface area contributed by atoms with Crippen LogP contribution >= 0.6 is 11.6 Å². The first-order valence-electron chi connectivity index (χ1n) is 12.7. The molecule has 0 amide bonds. The number of pyridine rings is 1. The van der Waals surface area contributed by atoms with Crippen molar-refractivity contribution in [2.45, 2.75) is 65.7 Å². The number of hydrogen-bond donors (Lipinski definition) is 1. The average Bonchev–Trinajstić information content (AvgIpc) is 2.87. The van der Waals surface area contributed by atoms with Gasteiger partial charge in [-0.1, -0.05) is 25.4 Å². The Bertz CT molecular complexity index is 1340. The third kappa shape index (κ3) is 6.05. The summed E-state index contributed by atoms with van der Waals surface area (Å²) in [4.78, 5) is 36.1.